The normalized spacial score (nSPS) is 17.2. The summed E-state index contributed by atoms with van der Waals surface area (Å²) in [5.41, 5.74) is 6.09. The average molecular weight is 265 g/mol. The molecule has 5 heteroatoms. The van der Waals surface area contributed by atoms with Gasteiger partial charge in [-0.1, -0.05) is 13.8 Å². The molecule has 0 unspecified atom stereocenters. The van der Waals surface area contributed by atoms with Crippen molar-refractivity contribution in [1.82, 2.24) is 9.80 Å². The number of furan rings is 1. The van der Waals surface area contributed by atoms with Gasteiger partial charge >= 0.3 is 0 Å². The first-order chi connectivity index (χ1) is 9.10. The van der Waals surface area contributed by atoms with E-state index in [0.29, 0.717) is 23.8 Å². The van der Waals surface area contributed by atoms with Gasteiger partial charge in [-0.3, -0.25) is 9.69 Å². The van der Waals surface area contributed by atoms with Crippen LogP contribution in [0.2, 0.25) is 0 Å². The number of piperazine rings is 1. The zero-order valence-electron chi connectivity index (χ0n) is 11.8. The van der Waals surface area contributed by atoms with Crippen molar-refractivity contribution in [3.8, 4) is 0 Å². The van der Waals surface area contributed by atoms with Crippen LogP contribution < -0.4 is 5.73 Å². The molecule has 1 aromatic heterocycles. The van der Waals surface area contributed by atoms with Gasteiger partial charge < -0.3 is 15.1 Å². The van der Waals surface area contributed by atoms with Crippen LogP contribution in [0.25, 0.3) is 0 Å². The van der Waals surface area contributed by atoms with E-state index in [4.69, 9.17) is 10.2 Å². The van der Waals surface area contributed by atoms with Gasteiger partial charge in [-0.25, -0.2) is 0 Å². The summed E-state index contributed by atoms with van der Waals surface area (Å²) in [6.45, 7) is 9.34. The van der Waals surface area contributed by atoms with E-state index in [1.54, 1.807) is 6.07 Å². The fourth-order valence-corrected chi connectivity index (χ4v) is 2.43. The second kappa shape index (κ2) is 6.21. The predicted molar refractivity (Wildman–Crippen MR) is 73.8 cm³/mol. The fourth-order valence-electron chi connectivity index (χ4n) is 2.43. The Labute approximate surface area is 114 Å². The van der Waals surface area contributed by atoms with E-state index in [1.807, 2.05) is 4.90 Å². The van der Waals surface area contributed by atoms with E-state index in [9.17, 15) is 4.79 Å². The third-order valence-corrected chi connectivity index (χ3v) is 3.38. The quantitative estimate of drug-likeness (QED) is 0.887. The lowest BCUT2D eigenvalue weighted by Crippen LogP contribution is -2.49. The van der Waals surface area contributed by atoms with Crippen molar-refractivity contribution in [1.29, 1.82) is 0 Å². The van der Waals surface area contributed by atoms with Crippen LogP contribution in [0.5, 0.6) is 0 Å². The number of hydrogen-bond acceptors (Lipinski definition) is 4. The van der Waals surface area contributed by atoms with Crippen LogP contribution in [-0.2, 0) is 6.54 Å². The number of hydrogen-bond donors (Lipinski definition) is 1. The van der Waals surface area contributed by atoms with Crippen molar-refractivity contribution in [3.05, 3.63) is 23.7 Å². The minimum Gasteiger partial charge on any atom is -0.467 e. The smallest absolute Gasteiger partial charge is 0.257 e. The van der Waals surface area contributed by atoms with Crippen LogP contribution in [0.4, 0.5) is 0 Å². The van der Waals surface area contributed by atoms with Gasteiger partial charge in [-0.2, -0.15) is 0 Å². The zero-order valence-corrected chi connectivity index (χ0v) is 11.8. The van der Waals surface area contributed by atoms with Crippen molar-refractivity contribution in [2.24, 2.45) is 11.7 Å². The standard InChI is InChI=1S/C14H23N3O2/c1-11(2)9-16-3-5-17(6-4-16)14(18)12-7-13(8-15)19-10-12/h7,10-11H,3-6,8-9,15H2,1-2H3. The first kappa shape index (κ1) is 14.1. The predicted octanol–water partition coefficient (Wildman–Crippen LogP) is 1.15. The van der Waals surface area contributed by atoms with Crippen molar-refractivity contribution in [3.63, 3.8) is 0 Å². The third-order valence-electron chi connectivity index (χ3n) is 3.38. The summed E-state index contributed by atoms with van der Waals surface area (Å²) >= 11 is 0. The summed E-state index contributed by atoms with van der Waals surface area (Å²) in [7, 11) is 0. The summed E-state index contributed by atoms with van der Waals surface area (Å²) in [4.78, 5) is 16.6. The number of carbonyl (C=O) groups excluding carboxylic acids is 1. The van der Waals surface area contributed by atoms with Crippen LogP contribution in [0.3, 0.4) is 0 Å². The minimum absolute atomic E-state index is 0.0487. The molecule has 1 aliphatic heterocycles. The monoisotopic (exact) mass is 265 g/mol. The first-order valence-corrected chi connectivity index (χ1v) is 6.89. The van der Waals surface area contributed by atoms with E-state index in [1.165, 1.54) is 6.26 Å². The van der Waals surface area contributed by atoms with E-state index >= 15 is 0 Å². The van der Waals surface area contributed by atoms with Crippen LogP contribution in [-0.4, -0.2) is 48.4 Å². The molecule has 0 spiro atoms. The summed E-state index contributed by atoms with van der Waals surface area (Å²) in [5.74, 6) is 1.37. The second-order valence-corrected chi connectivity index (χ2v) is 5.49. The second-order valence-electron chi connectivity index (χ2n) is 5.49. The summed E-state index contributed by atoms with van der Waals surface area (Å²) in [5, 5.41) is 0. The molecular weight excluding hydrogens is 242 g/mol. The number of carbonyl (C=O) groups is 1. The number of nitrogens with zero attached hydrogens (tertiary/aromatic N) is 2. The molecule has 1 aliphatic rings. The molecule has 1 fully saturated rings. The number of rotatable bonds is 4. The SMILES string of the molecule is CC(C)CN1CCN(C(=O)c2coc(CN)c2)CC1. The Morgan fingerprint density at radius 3 is 2.58 bits per heavy atom. The topological polar surface area (TPSA) is 62.7 Å². The Bertz CT molecular complexity index is 420. The highest BCUT2D eigenvalue weighted by Crippen LogP contribution is 2.13. The van der Waals surface area contributed by atoms with Gasteiger partial charge in [0.2, 0.25) is 0 Å². The molecule has 2 rings (SSSR count). The molecule has 2 N–H and O–H groups in total. The first-order valence-electron chi connectivity index (χ1n) is 6.89. The minimum atomic E-state index is 0.0487. The van der Waals surface area contributed by atoms with Crippen molar-refractivity contribution in [2.75, 3.05) is 32.7 Å². The van der Waals surface area contributed by atoms with E-state index in [2.05, 4.69) is 18.7 Å². The molecule has 0 bridgehead atoms. The molecule has 2 heterocycles. The van der Waals surface area contributed by atoms with Gasteiger partial charge in [-0.05, 0) is 12.0 Å². The Morgan fingerprint density at radius 1 is 1.37 bits per heavy atom. The fraction of sp³-hybridized carbons (Fsp3) is 0.643. The van der Waals surface area contributed by atoms with Crippen LogP contribution >= 0.6 is 0 Å². The molecular formula is C14H23N3O2. The summed E-state index contributed by atoms with van der Waals surface area (Å²) in [6, 6.07) is 1.74. The molecule has 1 saturated heterocycles. The van der Waals surface area contributed by atoms with Crippen molar-refractivity contribution in [2.45, 2.75) is 20.4 Å². The van der Waals surface area contributed by atoms with Crippen molar-refractivity contribution < 1.29 is 9.21 Å². The van der Waals surface area contributed by atoms with Gasteiger partial charge in [0.05, 0.1) is 12.1 Å². The highest BCUT2D eigenvalue weighted by molar-refractivity contribution is 5.94. The Kier molecular flexibility index (Phi) is 4.61. The van der Waals surface area contributed by atoms with E-state index < -0.39 is 0 Å². The lowest BCUT2D eigenvalue weighted by atomic mass is 10.2. The maximum atomic E-state index is 12.3. The highest BCUT2D eigenvalue weighted by Gasteiger charge is 2.23. The van der Waals surface area contributed by atoms with Crippen LogP contribution in [0.15, 0.2) is 16.7 Å². The lowest BCUT2D eigenvalue weighted by Gasteiger charge is -2.35. The zero-order chi connectivity index (χ0) is 13.8. The maximum Gasteiger partial charge on any atom is 0.257 e. The maximum absolute atomic E-state index is 12.3. The summed E-state index contributed by atoms with van der Waals surface area (Å²) in [6.07, 6.45) is 1.50. The van der Waals surface area contributed by atoms with E-state index in [0.717, 1.165) is 32.7 Å². The Hall–Kier alpha value is -1.33. The van der Waals surface area contributed by atoms with Gasteiger partial charge in [0, 0.05) is 32.7 Å². The molecule has 0 atom stereocenters. The molecule has 0 aliphatic carbocycles. The van der Waals surface area contributed by atoms with Gasteiger partial charge in [0.1, 0.15) is 12.0 Å². The van der Waals surface area contributed by atoms with Crippen molar-refractivity contribution >= 4 is 5.91 Å². The molecule has 19 heavy (non-hydrogen) atoms. The number of amides is 1. The molecule has 0 radical (unpaired) electrons. The Morgan fingerprint density at radius 2 is 2.05 bits per heavy atom. The van der Waals surface area contributed by atoms with Crippen LogP contribution in [0.1, 0.15) is 30.0 Å². The van der Waals surface area contributed by atoms with E-state index in [-0.39, 0.29) is 5.91 Å². The molecule has 5 nitrogen and oxygen atoms in total. The molecule has 1 amide bonds. The molecule has 1 aromatic rings. The van der Waals surface area contributed by atoms with Gasteiger partial charge in [0.25, 0.3) is 5.91 Å². The third kappa shape index (κ3) is 3.58. The molecule has 106 valence electrons. The average Bonchev–Trinajstić information content (AvgIpc) is 2.87. The van der Waals surface area contributed by atoms with Gasteiger partial charge in [-0.15, -0.1) is 0 Å². The molecule has 0 saturated carbocycles. The van der Waals surface area contributed by atoms with Gasteiger partial charge in [0.15, 0.2) is 0 Å². The molecule has 0 aromatic carbocycles. The highest BCUT2D eigenvalue weighted by atomic mass is 16.3. The lowest BCUT2D eigenvalue weighted by molar-refractivity contribution is 0.0623. The Balaban J connectivity index is 1.88. The number of nitrogens with two attached hydrogens (primary N) is 1. The largest absolute Gasteiger partial charge is 0.467 e. The van der Waals surface area contributed by atoms with Crippen LogP contribution in [0, 0.1) is 5.92 Å². The summed E-state index contributed by atoms with van der Waals surface area (Å²) < 4.78 is 5.22.